The molecule has 84 valence electrons. The van der Waals surface area contributed by atoms with E-state index in [4.69, 9.17) is 0 Å². The van der Waals surface area contributed by atoms with E-state index in [-0.39, 0.29) is 0 Å². The Kier molecular flexibility index (Phi) is 3.65. The molecule has 1 aliphatic heterocycles. The van der Waals surface area contributed by atoms with Gasteiger partial charge in [-0.05, 0) is 6.42 Å². The largest absolute Gasteiger partial charge is 0.467 e. The highest BCUT2D eigenvalue weighted by Crippen LogP contribution is 2.16. The summed E-state index contributed by atoms with van der Waals surface area (Å²) in [6.45, 7) is 1.90. The lowest BCUT2D eigenvalue weighted by Crippen LogP contribution is -2.61. The number of rotatable bonds is 3. The quantitative estimate of drug-likeness (QED) is 0.636. The monoisotopic (exact) mass is 214 g/mol. The highest BCUT2D eigenvalue weighted by molar-refractivity contribution is 6.02. The van der Waals surface area contributed by atoms with Crippen LogP contribution in [0.2, 0.25) is 0 Å². The minimum atomic E-state index is -0.865. The van der Waals surface area contributed by atoms with E-state index in [1.165, 1.54) is 7.11 Å². The fourth-order valence-corrected chi connectivity index (χ4v) is 1.59. The van der Waals surface area contributed by atoms with Gasteiger partial charge in [0, 0.05) is 0 Å². The Balaban J connectivity index is 2.81. The third kappa shape index (κ3) is 2.45. The molecule has 0 aromatic rings. The van der Waals surface area contributed by atoms with Crippen molar-refractivity contribution in [3.05, 3.63) is 0 Å². The first-order valence-electron chi connectivity index (χ1n) is 4.79. The average molecular weight is 214 g/mol. The molecule has 0 unspecified atom stereocenters. The van der Waals surface area contributed by atoms with Crippen LogP contribution >= 0.6 is 0 Å². The molecule has 6 nitrogen and oxygen atoms in total. The van der Waals surface area contributed by atoms with E-state index in [9.17, 15) is 14.4 Å². The van der Waals surface area contributed by atoms with Crippen LogP contribution in [0.5, 0.6) is 0 Å². The Morgan fingerprint density at radius 2 is 2.13 bits per heavy atom. The SMILES string of the molecule is CCC[C@@H]1C(=O)NC(=O)N[C@@H]1C(=O)OC. The van der Waals surface area contributed by atoms with Crippen molar-refractivity contribution in [2.45, 2.75) is 25.8 Å². The number of urea groups is 1. The van der Waals surface area contributed by atoms with Crippen LogP contribution in [0, 0.1) is 5.92 Å². The van der Waals surface area contributed by atoms with Gasteiger partial charge in [-0.2, -0.15) is 0 Å². The number of ether oxygens (including phenoxy) is 1. The minimum absolute atomic E-state index is 0.420. The second-order valence-electron chi connectivity index (χ2n) is 3.36. The molecular weight excluding hydrogens is 200 g/mol. The number of hydrogen-bond acceptors (Lipinski definition) is 4. The molecule has 0 spiro atoms. The zero-order chi connectivity index (χ0) is 11.4. The maximum Gasteiger partial charge on any atom is 0.329 e. The summed E-state index contributed by atoms with van der Waals surface area (Å²) in [7, 11) is 1.23. The highest BCUT2D eigenvalue weighted by Gasteiger charge is 2.39. The molecule has 3 amide bonds. The first kappa shape index (κ1) is 11.5. The maximum atomic E-state index is 11.4. The lowest BCUT2D eigenvalue weighted by atomic mass is 9.92. The van der Waals surface area contributed by atoms with Gasteiger partial charge < -0.3 is 10.1 Å². The fourth-order valence-electron chi connectivity index (χ4n) is 1.59. The first-order valence-corrected chi connectivity index (χ1v) is 4.79. The molecule has 0 aliphatic carbocycles. The molecule has 0 aromatic heterocycles. The molecule has 1 heterocycles. The van der Waals surface area contributed by atoms with Gasteiger partial charge in [-0.3, -0.25) is 10.1 Å². The molecule has 2 atom stereocenters. The predicted octanol–water partition coefficient (Wildman–Crippen LogP) is -0.216. The summed E-state index contributed by atoms with van der Waals surface area (Å²) in [5.41, 5.74) is 0. The molecule has 1 saturated heterocycles. The second kappa shape index (κ2) is 4.77. The molecule has 1 rings (SSSR count). The molecule has 2 N–H and O–H groups in total. The van der Waals surface area contributed by atoms with Gasteiger partial charge >= 0.3 is 12.0 Å². The number of carbonyl (C=O) groups excluding carboxylic acids is 3. The van der Waals surface area contributed by atoms with Crippen molar-refractivity contribution in [1.29, 1.82) is 0 Å². The normalized spacial score (nSPS) is 25.5. The standard InChI is InChI=1S/C9H14N2O4/c1-3-4-5-6(8(13)15-2)10-9(14)11-7(5)12/h5-6H,3-4H2,1-2H3,(H2,10,11,12,14)/t5-,6-/m0/s1. The van der Waals surface area contributed by atoms with E-state index in [1.807, 2.05) is 6.92 Å². The summed E-state index contributed by atoms with van der Waals surface area (Å²) in [6, 6.07) is -1.51. The highest BCUT2D eigenvalue weighted by atomic mass is 16.5. The van der Waals surface area contributed by atoms with Crippen LogP contribution in [0.15, 0.2) is 0 Å². The van der Waals surface area contributed by atoms with Crippen molar-refractivity contribution in [3.63, 3.8) is 0 Å². The van der Waals surface area contributed by atoms with Crippen LogP contribution in [-0.2, 0) is 14.3 Å². The third-order valence-electron chi connectivity index (χ3n) is 2.32. The number of esters is 1. The summed E-state index contributed by atoms with van der Waals surface area (Å²) in [6.07, 6.45) is 1.29. The Morgan fingerprint density at radius 1 is 1.47 bits per heavy atom. The van der Waals surface area contributed by atoms with E-state index in [2.05, 4.69) is 15.4 Å². The van der Waals surface area contributed by atoms with E-state index < -0.39 is 29.9 Å². The van der Waals surface area contributed by atoms with Gasteiger partial charge in [-0.15, -0.1) is 0 Å². The molecule has 15 heavy (non-hydrogen) atoms. The Hall–Kier alpha value is -1.59. The van der Waals surface area contributed by atoms with Gasteiger partial charge in [0.05, 0.1) is 13.0 Å². The predicted molar refractivity (Wildman–Crippen MR) is 50.9 cm³/mol. The van der Waals surface area contributed by atoms with Gasteiger partial charge in [-0.25, -0.2) is 9.59 Å². The van der Waals surface area contributed by atoms with Crippen LogP contribution in [-0.4, -0.2) is 31.1 Å². The van der Waals surface area contributed by atoms with Crippen LogP contribution in [0.1, 0.15) is 19.8 Å². The maximum absolute atomic E-state index is 11.4. The molecule has 1 aliphatic rings. The average Bonchev–Trinajstić information content (AvgIpc) is 2.20. The van der Waals surface area contributed by atoms with E-state index in [0.29, 0.717) is 6.42 Å². The van der Waals surface area contributed by atoms with Crippen molar-refractivity contribution in [2.75, 3.05) is 7.11 Å². The van der Waals surface area contributed by atoms with Crippen molar-refractivity contribution in [3.8, 4) is 0 Å². The van der Waals surface area contributed by atoms with Crippen LogP contribution < -0.4 is 10.6 Å². The first-order chi connectivity index (χ1) is 7.10. The summed E-state index contributed by atoms with van der Waals surface area (Å²) < 4.78 is 4.53. The van der Waals surface area contributed by atoms with Gasteiger partial charge in [0.25, 0.3) is 0 Å². The number of imide groups is 1. The Bertz CT molecular complexity index is 290. The zero-order valence-electron chi connectivity index (χ0n) is 8.70. The van der Waals surface area contributed by atoms with Crippen LogP contribution in [0.25, 0.3) is 0 Å². The van der Waals surface area contributed by atoms with Crippen molar-refractivity contribution < 1.29 is 19.1 Å². The topological polar surface area (TPSA) is 84.5 Å². The van der Waals surface area contributed by atoms with Gasteiger partial charge in [0.2, 0.25) is 5.91 Å². The number of nitrogens with one attached hydrogen (secondary N) is 2. The van der Waals surface area contributed by atoms with Gasteiger partial charge in [0.1, 0.15) is 6.04 Å². The second-order valence-corrected chi connectivity index (χ2v) is 3.36. The molecule has 0 bridgehead atoms. The molecule has 0 aromatic carbocycles. The summed E-state index contributed by atoms with van der Waals surface area (Å²) in [5.74, 6) is -1.55. The summed E-state index contributed by atoms with van der Waals surface area (Å²) in [5, 5.41) is 4.51. The van der Waals surface area contributed by atoms with E-state index in [1.54, 1.807) is 0 Å². The number of carbonyl (C=O) groups is 3. The summed E-state index contributed by atoms with van der Waals surface area (Å²) >= 11 is 0. The third-order valence-corrected chi connectivity index (χ3v) is 2.32. The van der Waals surface area contributed by atoms with Gasteiger partial charge in [-0.1, -0.05) is 13.3 Å². The van der Waals surface area contributed by atoms with E-state index >= 15 is 0 Å². The summed E-state index contributed by atoms with van der Waals surface area (Å²) in [4.78, 5) is 33.8. The minimum Gasteiger partial charge on any atom is -0.467 e. The smallest absolute Gasteiger partial charge is 0.329 e. The molecule has 0 saturated carbocycles. The van der Waals surface area contributed by atoms with Crippen molar-refractivity contribution in [1.82, 2.24) is 10.6 Å². The van der Waals surface area contributed by atoms with Crippen molar-refractivity contribution >= 4 is 17.9 Å². The van der Waals surface area contributed by atoms with E-state index in [0.717, 1.165) is 6.42 Å². The number of methoxy groups -OCH3 is 1. The molecule has 1 fully saturated rings. The molecule has 0 radical (unpaired) electrons. The van der Waals surface area contributed by atoms with Gasteiger partial charge in [0.15, 0.2) is 0 Å². The van der Waals surface area contributed by atoms with Crippen LogP contribution in [0.3, 0.4) is 0 Å². The Labute approximate surface area is 87.4 Å². The van der Waals surface area contributed by atoms with Crippen molar-refractivity contribution in [2.24, 2.45) is 5.92 Å². The lowest BCUT2D eigenvalue weighted by molar-refractivity contribution is -0.148. The number of amides is 3. The Morgan fingerprint density at radius 3 is 2.67 bits per heavy atom. The zero-order valence-corrected chi connectivity index (χ0v) is 8.70. The number of hydrogen-bond donors (Lipinski definition) is 2. The van der Waals surface area contributed by atoms with Crippen LogP contribution in [0.4, 0.5) is 4.79 Å². The molecule has 6 heteroatoms. The fraction of sp³-hybridized carbons (Fsp3) is 0.667. The lowest BCUT2D eigenvalue weighted by Gasteiger charge is -2.29. The molecular formula is C9H14N2O4.